The van der Waals surface area contributed by atoms with Gasteiger partial charge >= 0.3 is 5.97 Å². The number of carbonyl (C=O) groups is 1. The van der Waals surface area contributed by atoms with Crippen molar-refractivity contribution >= 4 is 5.97 Å². The maximum atomic E-state index is 13.2. The molecule has 0 saturated heterocycles. The van der Waals surface area contributed by atoms with Crippen molar-refractivity contribution in [2.24, 2.45) is 0 Å². The minimum atomic E-state index is -1.09. The Morgan fingerprint density at radius 1 is 1.58 bits per heavy atom. The van der Waals surface area contributed by atoms with Gasteiger partial charge in [0.2, 0.25) is 0 Å². The topological polar surface area (TPSA) is 37.3 Å². The molecule has 1 aliphatic rings. The number of rotatable bonds is 1. The number of allylic oxidation sites excluding steroid dienone is 1. The first-order valence-corrected chi connectivity index (χ1v) is 4.11. The minimum Gasteiger partial charge on any atom is -0.478 e. The van der Waals surface area contributed by atoms with Gasteiger partial charge in [0.25, 0.3) is 0 Å². The van der Waals surface area contributed by atoms with E-state index in [-0.39, 0.29) is 0 Å². The van der Waals surface area contributed by atoms with Gasteiger partial charge in [0.1, 0.15) is 5.67 Å². The summed E-state index contributed by atoms with van der Waals surface area (Å²) >= 11 is 0. The molecule has 2 nitrogen and oxygen atoms in total. The highest BCUT2D eigenvalue weighted by Crippen LogP contribution is 2.33. The van der Waals surface area contributed by atoms with Crippen LogP contribution in [-0.2, 0) is 4.79 Å². The number of halogens is 1. The number of hydrogen-bond donors (Lipinski definition) is 1. The molecule has 0 radical (unpaired) electrons. The van der Waals surface area contributed by atoms with E-state index in [0.717, 1.165) is 5.57 Å². The summed E-state index contributed by atoms with van der Waals surface area (Å²) < 4.78 is 13.2. The zero-order chi connectivity index (χ0) is 9.19. The quantitative estimate of drug-likeness (QED) is 0.616. The van der Waals surface area contributed by atoms with E-state index in [4.69, 9.17) is 5.11 Å². The van der Waals surface area contributed by atoms with Crippen LogP contribution in [0.1, 0.15) is 32.6 Å². The molecule has 1 aliphatic carbocycles. The van der Waals surface area contributed by atoms with Gasteiger partial charge in [-0.25, -0.2) is 9.18 Å². The van der Waals surface area contributed by atoms with E-state index in [9.17, 15) is 9.18 Å². The summed E-state index contributed by atoms with van der Waals surface area (Å²) in [6, 6.07) is 0. The molecule has 0 spiro atoms. The average molecular weight is 172 g/mol. The second-order valence-electron chi connectivity index (χ2n) is 3.55. The van der Waals surface area contributed by atoms with Crippen LogP contribution >= 0.6 is 0 Å². The molecule has 0 unspecified atom stereocenters. The molecule has 0 heterocycles. The first-order chi connectivity index (χ1) is 5.49. The largest absolute Gasteiger partial charge is 0.478 e. The third-order valence-corrected chi connectivity index (χ3v) is 2.26. The summed E-state index contributed by atoms with van der Waals surface area (Å²) in [7, 11) is 0. The maximum Gasteiger partial charge on any atom is 0.328 e. The first-order valence-electron chi connectivity index (χ1n) is 4.11. The Morgan fingerprint density at radius 2 is 2.08 bits per heavy atom. The predicted octanol–water partition coefficient (Wildman–Crippen LogP) is 2.30. The lowest BCUT2D eigenvalue weighted by atomic mass is 9.85. The predicted molar refractivity (Wildman–Crippen MR) is 43.7 cm³/mol. The molecule has 0 bridgehead atoms. The molecule has 0 aromatic carbocycles. The van der Waals surface area contributed by atoms with E-state index in [1.165, 1.54) is 6.08 Å². The standard InChI is InChI=1S/C9H13FO2/c1-9(10)4-2-7(3-5-9)6-8(11)12/h6H,2-5H2,1H3,(H,11,12). The fourth-order valence-corrected chi connectivity index (χ4v) is 1.41. The summed E-state index contributed by atoms with van der Waals surface area (Å²) in [6.07, 6.45) is 3.27. The zero-order valence-electron chi connectivity index (χ0n) is 7.14. The molecule has 1 saturated carbocycles. The van der Waals surface area contributed by atoms with Gasteiger partial charge in [0.15, 0.2) is 0 Å². The number of hydrogen-bond acceptors (Lipinski definition) is 1. The van der Waals surface area contributed by atoms with Crippen molar-refractivity contribution in [2.45, 2.75) is 38.3 Å². The van der Waals surface area contributed by atoms with Gasteiger partial charge in [0, 0.05) is 6.08 Å². The molecular weight excluding hydrogens is 159 g/mol. The highest BCUT2D eigenvalue weighted by Gasteiger charge is 2.27. The van der Waals surface area contributed by atoms with Crippen LogP contribution in [0, 0.1) is 0 Å². The van der Waals surface area contributed by atoms with Gasteiger partial charge in [-0.15, -0.1) is 0 Å². The van der Waals surface area contributed by atoms with E-state index < -0.39 is 11.6 Å². The fraction of sp³-hybridized carbons (Fsp3) is 0.667. The molecule has 0 atom stereocenters. The number of carboxylic acid groups (broad SMARTS) is 1. The average Bonchev–Trinajstić information content (AvgIpc) is 1.93. The Balaban J connectivity index is 2.52. The normalized spacial score (nSPS) is 30.0. The Bertz CT molecular complexity index is 207. The molecule has 3 heteroatoms. The van der Waals surface area contributed by atoms with Crippen molar-refractivity contribution in [3.8, 4) is 0 Å². The summed E-state index contributed by atoms with van der Waals surface area (Å²) in [5, 5.41) is 8.43. The van der Waals surface area contributed by atoms with Crippen molar-refractivity contribution in [3.05, 3.63) is 11.6 Å². The second-order valence-corrected chi connectivity index (χ2v) is 3.55. The molecule has 1 N–H and O–H groups in total. The third kappa shape index (κ3) is 2.64. The van der Waals surface area contributed by atoms with Crippen molar-refractivity contribution in [1.82, 2.24) is 0 Å². The van der Waals surface area contributed by atoms with Crippen molar-refractivity contribution in [2.75, 3.05) is 0 Å². The van der Waals surface area contributed by atoms with E-state index in [1.807, 2.05) is 0 Å². The van der Waals surface area contributed by atoms with Crippen LogP contribution < -0.4 is 0 Å². The monoisotopic (exact) mass is 172 g/mol. The molecule has 1 fully saturated rings. The van der Waals surface area contributed by atoms with E-state index in [0.29, 0.717) is 25.7 Å². The highest BCUT2D eigenvalue weighted by atomic mass is 19.1. The van der Waals surface area contributed by atoms with Gasteiger partial charge < -0.3 is 5.11 Å². The third-order valence-electron chi connectivity index (χ3n) is 2.26. The van der Waals surface area contributed by atoms with Crippen molar-refractivity contribution in [1.29, 1.82) is 0 Å². The van der Waals surface area contributed by atoms with Crippen LogP contribution in [0.5, 0.6) is 0 Å². The fourth-order valence-electron chi connectivity index (χ4n) is 1.41. The van der Waals surface area contributed by atoms with Gasteiger partial charge in [-0.1, -0.05) is 5.57 Å². The van der Waals surface area contributed by atoms with Crippen LogP contribution in [0.15, 0.2) is 11.6 Å². The molecule has 0 aromatic heterocycles. The molecule has 1 rings (SSSR count). The van der Waals surface area contributed by atoms with Gasteiger partial charge in [-0.2, -0.15) is 0 Å². The van der Waals surface area contributed by atoms with Crippen LogP contribution in [-0.4, -0.2) is 16.7 Å². The van der Waals surface area contributed by atoms with E-state index in [1.54, 1.807) is 6.92 Å². The number of aliphatic carboxylic acids is 1. The van der Waals surface area contributed by atoms with Crippen molar-refractivity contribution < 1.29 is 14.3 Å². The summed E-state index contributed by atoms with van der Waals surface area (Å²) in [4.78, 5) is 10.3. The lowest BCUT2D eigenvalue weighted by molar-refractivity contribution is -0.131. The van der Waals surface area contributed by atoms with Gasteiger partial charge in [-0.3, -0.25) is 0 Å². The lowest BCUT2D eigenvalue weighted by Crippen LogP contribution is -2.22. The van der Waals surface area contributed by atoms with Gasteiger partial charge in [-0.05, 0) is 32.6 Å². The molecular formula is C9H13FO2. The Hall–Kier alpha value is -0.860. The SMILES string of the molecule is CC1(F)CCC(=CC(=O)O)CC1. The van der Waals surface area contributed by atoms with Crippen LogP contribution in [0.3, 0.4) is 0 Å². The van der Waals surface area contributed by atoms with Crippen LogP contribution in [0.2, 0.25) is 0 Å². The minimum absolute atomic E-state index is 0.451. The summed E-state index contributed by atoms with van der Waals surface area (Å²) in [5.41, 5.74) is -0.229. The second kappa shape index (κ2) is 3.25. The van der Waals surface area contributed by atoms with Crippen LogP contribution in [0.25, 0.3) is 0 Å². The Morgan fingerprint density at radius 3 is 2.50 bits per heavy atom. The molecule has 0 aromatic rings. The van der Waals surface area contributed by atoms with E-state index in [2.05, 4.69) is 0 Å². The Kier molecular flexibility index (Phi) is 2.50. The molecule has 0 aliphatic heterocycles. The van der Waals surface area contributed by atoms with Crippen LogP contribution in [0.4, 0.5) is 4.39 Å². The number of alkyl halides is 1. The maximum absolute atomic E-state index is 13.2. The van der Waals surface area contributed by atoms with Crippen molar-refractivity contribution in [3.63, 3.8) is 0 Å². The smallest absolute Gasteiger partial charge is 0.328 e. The molecule has 68 valence electrons. The molecule has 12 heavy (non-hydrogen) atoms. The summed E-state index contributed by atoms with van der Waals surface area (Å²) in [5.74, 6) is -0.924. The first kappa shape index (κ1) is 9.23. The van der Waals surface area contributed by atoms with Gasteiger partial charge in [0.05, 0.1) is 0 Å². The number of carboxylic acids is 1. The Labute approximate surface area is 71.1 Å². The zero-order valence-corrected chi connectivity index (χ0v) is 7.14. The molecule has 0 amide bonds. The summed E-state index contributed by atoms with van der Waals surface area (Å²) in [6.45, 7) is 1.57. The lowest BCUT2D eigenvalue weighted by Gasteiger charge is -2.26. The van der Waals surface area contributed by atoms with E-state index >= 15 is 0 Å². The highest BCUT2D eigenvalue weighted by molar-refractivity contribution is 5.80.